The molecule has 5 heteroatoms. The molecule has 0 saturated carbocycles. The highest BCUT2D eigenvalue weighted by Gasteiger charge is 2.39. The van der Waals surface area contributed by atoms with Gasteiger partial charge in [0.15, 0.2) is 0 Å². The van der Waals surface area contributed by atoms with Gasteiger partial charge < -0.3 is 14.7 Å². The molecule has 1 rings (SSSR count). The summed E-state index contributed by atoms with van der Waals surface area (Å²) in [5.74, 6) is -1.27. The number of carbonyl (C=O) groups excluding carboxylic acids is 1. The van der Waals surface area contributed by atoms with Crippen LogP contribution < -0.4 is 0 Å². The first kappa shape index (κ1) is 13.8. The number of carboxylic acids is 1. The molecular formula is C12H21NO4. The van der Waals surface area contributed by atoms with Gasteiger partial charge in [0.1, 0.15) is 5.60 Å². The van der Waals surface area contributed by atoms with Crippen molar-refractivity contribution in [2.75, 3.05) is 13.1 Å². The SMILES string of the molecule is CCC1CN(C(=O)OC(C)(C)C)CC1C(=O)O. The van der Waals surface area contributed by atoms with Crippen molar-refractivity contribution in [1.82, 2.24) is 4.90 Å². The summed E-state index contributed by atoms with van der Waals surface area (Å²) in [6, 6.07) is 0. The summed E-state index contributed by atoms with van der Waals surface area (Å²) < 4.78 is 5.24. The summed E-state index contributed by atoms with van der Waals surface area (Å²) in [4.78, 5) is 24.3. The molecule has 1 aliphatic heterocycles. The van der Waals surface area contributed by atoms with Crippen molar-refractivity contribution >= 4 is 12.1 Å². The lowest BCUT2D eigenvalue weighted by Crippen LogP contribution is -2.35. The van der Waals surface area contributed by atoms with E-state index in [4.69, 9.17) is 9.84 Å². The molecule has 0 aromatic rings. The van der Waals surface area contributed by atoms with Crippen molar-refractivity contribution in [3.63, 3.8) is 0 Å². The first-order chi connectivity index (χ1) is 7.74. The summed E-state index contributed by atoms with van der Waals surface area (Å²) in [7, 11) is 0. The molecule has 98 valence electrons. The number of carbonyl (C=O) groups is 2. The summed E-state index contributed by atoms with van der Waals surface area (Å²) in [5, 5.41) is 9.07. The van der Waals surface area contributed by atoms with E-state index < -0.39 is 23.6 Å². The van der Waals surface area contributed by atoms with Gasteiger partial charge in [-0.05, 0) is 26.7 Å². The van der Waals surface area contributed by atoms with E-state index in [0.717, 1.165) is 6.42 Å². The molecule has 1 amide bonds. The molecule has 0 radical (unpaired) electrons. The average molecular weight is 243 g/mol. The van der Waals surface area contributed by atoms with Gasteiger partial charge in [-0.2, -0.15) is 0 Å². The zero-order valence-electron chi connectivity index (χ0n) is 10.9. The maximum Gasteiger partial charge on any atom is 0.410 e. The van der Waals surface area contributed by atoms with Crippen LogP contribution in [0.2, 0.25) is 0 Å². The van der Waals surface area contributed by atoms with E-state index in [2.05, 4.69) is 0 Å². The second-order valence-corrected chi connectivity index (χ2v) is 5.50. The predicted molar refractivity (Wildman–Crippen MR) is 62.7 cm³/mol. The lowest BCUT2D eigenvalue weighted by Gasteiger charge is -2.24. The third-order valence-corrected chi connectivity index (χ3v) is 2.93. The zero-order chi connectivity index (χ0) is 13.2. The molecule has 17 heavy (non-hydrogen) atoms. The van der Waals surface area contributed by atoms with E-state index in [-0.39, 0.29) is 12.5 Å². The number of carboxylic acid groups (broad SMARTS) is 1. The first-order valence-electron chi connectivity index (χ1n) is 5.95. The Morgan fingerprint density at radius 2 is 1.94 bits per heavy atom. The van der Waals surface area contributed by atoms with Gasteiger partial charge in [0.2, 0.25) is 0 Å². The van der Waals surface area contributed by atoms with Gasteiger partial charge in [-0.15, -0.1) is 0 Å². The fourth-order valence-corrected chi connectivity index (χ4v) is 2.04. The van der Waals surface area contributed by atoms with Crippen LogP contribution in [0.25, 0.3) is 0 Å². The molecule has 2 unspecified atom stereocenters. The number of likely N-dealkylation sites (tertiary alicyclic amines) is 1. The molecule has 1 fully saturated rings. The molecule has 1 N–H and O–H groups in total. The predicted octanol–water partition coefficient (Wildman–Crippen LogP) is 1.96. The van der Waals surface area contributed by atoms with Crippen LogP contribution in [0.5, 0.6) is 0 Å². The van der Waals surface area contributed by atoms with E-state index in [1.165, 1.54) is 4.90 Å². The van der Waals surface area contributed by atoms with Gasteiger partial charge in [-0.1, -0.05) is 13.3 Å². The molecule has 0 aliphatic carbocycles. The van der Waals surface area contributed by atoms with Crippen LogP contribution in [-0.4, -0.2) is 40.8 Å². The molecule has 2 atom stereocenters. The summed E-state index contributed by atoms with van der Waals surface area (Å²) in [5.41, 5.74) is -0.542. The molecule has 0 aromatic carbocycles. The molecular weight excluding hydrogens is 222 g/mol. The van der Waals surface area contributed by atoms with Crippen molar-refractivity contribution in [2.45, 2.75) is 39.7 Å². The zero-order valence-corrected chi connectivity index (χ0v) is 10.9. The van der Waals surface area contributed by atoms with Gasteiger partial charge in [0, 0.05) is 13.1 Å². The van der Waals surface area contributed by atoms with Gasteiger partial charge in [-0.25, -0.2) is 4.79 Å². The molecule has 1 aliphatic rings. The van der Waals surface area contributed by atoms with Gasteiger partial charge in [0.05, 0.1) is 5.92 Å². The van der Waals surface area contributed by atoms with Crippen LogP contribution in [0.3, 0.4) is 0 Å². The third-order valence-electron chi connectivity index (χ3n) is 2.93. The monoisotopic (exact) mass is 243 g/mol. The molecule has 0 bridgehead atoms. The highest BCUT2D eigenvalue weighted by atomic mass is 16.6. The topological polar surface area (TPSA) is 66.8 Å². The minimum Gasteiger partial charge on any atom is -0.481 e. The summed E-state index contributed by atoms with van der Waals surface area (Å²) in [6.07, 6.45) is 0.343. The Bertz CT molecular complexity index is 308. The minimum absolute atomic E-state index is 0.0278. The number of nitrogens with zero attached hydrogens (tertiary/aromatic N) is 1. The van der Waals surface area contributed by atoms with Crippen LogP contribution in [0, 0.1) is 11.8 Å². The molecule has 5 nitrogen and oxygen atoms in total. The molecule has 0 aromatic heterocycles. The third kappa shape index (κ3) is 3.61. The normalized spacial score (nSPS) is 24.8. The summed E-state index contributed by atoms with van der Waals surface area (Å²) in [6.45, 7) is 8.07. The fraction of sp³-hybridized carbons (Fsp3) is 0.833. The van der Waals surface area contributed by atoms with Crippen LogP contribution in [0.4, 0.5) is 4.79 Å². The minimum atomic E-state index is -0.831. The Morgan fingerprint density at radius 3 is 2.29 bits per heavy atom. The maximum atomic E-state index is 11.8. The molecule has 1 saturated heterocycles. The molecule has 1 heterocycles. The van der Waals surface area contributed by atoms with E-state index >= 15 is 0 Å². The van der Waals surface area contributed by atoms with Crippen molar-refractivity contribution in [3.05, 3.63) is 0 Å². The average Bonchev–Trinajstić information content (AvgIpc) is 2.58. The fourth-order valence-electron chi connectivity index (χ4n) is 2.04. The number of hydrogen-bond acceptors (Lipinski definition) is 3. The van der Waals surface area contributed by atoms with Crippen molar-refractivity contribution < 1.29 is 19.4 Å². The highest BCUT2D eigenvalue weighted by Crippen LogP contribution is 2.27. The Balaban J connectivity index is 2.64. The highest BCUT2D eigenvalue weighted by molar-refractivity contribution is 5.74. The standard InChI is InChI=1S/C12H21NO4/c1-5-8-6-13(7-9(8)10(14)15)11(16)17-12(2,3)4/h8-9H,5-7H2,1-4H3,(H,14,15). The largest absolute Gasteiger partial charge is 0.481 e. The number of aliphatic carboxylic acids is 1. The van der Waals surface area contributed by atoms with Gasteiger partial charge in [-0.3, -0.25) is 4.79 Å². The van der Waals surface area contributed by atoms with Gasteiger partial charge in [0.25, 0.3) is 0 Å². The van der Waals surface area contributed by atoms with E-state index in [1.807, 2.05) is 6.92 Å². The Morgan fingerprint density at radius 1 is 1.35 bits per heavy atom. The van der Waals surface area contributed by atoms with Crippen LogP contribution in [0.1, 0.15) is 34.1 Å². The Labute approximate surface area is 102 Å². The van der Waals surface area contributed by atoms with Crippen LogP contribution >= 0.6 is 0 Å². The van der Waals surface area contributed by atoms with Crippen LogP contribution in [-0.2, 0) is 9.53 Å². The van der Waals surface area contributed by atoms with Gasteiger partial charge >= 0.3 is 12.1 Å². The quantitative estimate of drug-likeness (QED) is 0.805. The lowest BCUT2D eigenvalue weighted by atomic mass is 9.94. The number of rotatable bonds is 2. The summed E-state index contributed by atoms with van der Waals surface area (Å²) >= 11 is 0. The number of ether oxygens (including phenoxy) is 1. The number of amides is 1. The second-order valence-electron chi connectivity index (χ2n) is 5.50. The Hall–Kier alpha value is -1.26. The Kier molecular flexibility index (Phi) is 4.01. The van der Waals surface area contributed by atoms with Crippen molar-refractivity contribution in [3.8, 4) is 0 Å². The smallest absolute Gasteiger partial charge is 0.410 e. The van der Waals surface area contributed by atoms with E-state index in [9.17, 15) is 9.59 Å². The first-order valence-corrected chi connectivity index (χ1v) is 5.95. The molecule has 0 spiro atoms. The van der Waals surface area contributed by atoms with E-state index in [1.54, 1.807) is 20.8 Å². The van der Waals surface area contributed by atoms with Crippen LogP contribution in [0.15, 0.2) is 0 Å². The lowest BCUT2D eigenvalue weighted by molar-refractivity contribution is -0.142. The van der Waals surface area contributed by atoms with Crippen molar-refractivity contribution in [1.29, 1.82) is 0 Å². The van der Waals surface area contributed by atoms with Crippen molar-refractivity contribution in [2.24, 2.45) is 11.8 Å². The second kappa shape index (κ2) is 4.94. The maximum absolute atomic E-state index is 11.8. The number of hydrogen-bond donors (Lipinski definition) is 1. The van der Waals surface area contributed by atoms with E-state index in [0.29, 0.717) is 6.54 Å².